The van der Waals surface area contributed by atoms with Crippen LogP contribution in [0, 0.1) is 11.6 Å². The van der Waals surface area contributed by atoms with Crippen LogP contribution in [0.3, 0.4) is 0 Å². The Labute approximate surface area is 181 Å². The predicted molar refractivity (Wildman–Crippen MR) is 115 cm³/mol. The number of halogens is 2. The first-order valence-corrected chi connectivity index (χ1v) is 10.3. The van der Waals surface area contributed by atoms with Crippen molar-refractivity contribution in [3.05, 3.63) is 71.1 Å². The van der Waals surface area contributed by atoms with E-state index < -0.39 is 17.5 Å². The third-order valence-corrected chi connectivity index (χ3v) is 5.35. The Bertz CT molecular complexity index is 1230. The van der Waals surface area contributed by atoms with E-state index in [2.05, 4.69) is 15.4 Å². The van der Waals surface area contributed by atoms with E-state index in [1.807, 2.05) is 36.6 Å². The molecule has 0 aliphatic heterocycles. The van der Waals surface area contributed by atoms with E-state index in [0.29, 0.717) is 29.2 Å². The summed E-state index contributed by atoms with van der Waals surface area (Å²) in [7, 11) is 1.65. The molecule has 4 aromatic rings. The Morgan fingerprint density at radius 1 is 1.13 bits per heavy atom. The van der Waals surface area contributed by atoms with Crippen molar-refractivity contribution in [2.45, 2.75) is 6.92 Å². The maximum atomic E-state index is 13.9. The minimum Gasteiger partial charge on any atom is -0.494 e. The molecule has 6 nitrogen and oxygen atoms in total. The van der Waals surface area contributed by atoms with Crippen molar-refractivity contribution in [1.82, 2.24) is 14.8 Å². The second-order valence-electron chi connectivity index (χ2n) is 6.61. The van der Waals surface area contributed by atoms with Crippen molar-refractivity contribution in [2.75, 3.05) is 11.9 Å². The highest BCUT2D eigenvalue weighted by Gasteiger charge is 2.17. The van der Waals surface area contributed by atoms with Gasteiger partial charge in [-0.15, -0.1) is 11.3 Å². The highest BCUT2D eigenvalue weighted by atomic mass is 32.1. The van der Waals surface area contributed by atoms with Gasteiger partial charge in [0.2, 0.25) is 0 Å². The molecule has 9 heteroatoms. The molecule has 0 spiro atoms. The SMILES string of the molecule is CCOc1ccc(-c2csc(-c3cc(NC(=O)c4ccc(F)cc4F)n(C)n3)n2)cc1. The van der Waals surface area contributed by atoms with E-state index in [0.717, 1.165) is 29.1 Å². The molecule has 158 valence electrons. The van der Waals surface area contributed by atoms with Crippen molar-refractivity contribution < 1.29 is 18.3 Å². The number of carbonyl (C=O) groups is 1. The summed E-state index contributed by atoms with van der Waals surface area (Å²) in [5.41, 5.74) is 2.06. The molecule has 4 rings (SSSR count). The van der Waals surface area contributed by atoms with Crippen LogP contribution in [0.5, 0.6) is 5.75 Å². The normalized spacial score (nSPS) is 10.8. The molecule has 0 aliphatic rings. The molecule has 0 unspecified atom stereocenters. The van der Waals surface area contributed by atoms with Gasteiger partial charge in [0.1, 0.15) is 33.9 Å². The molecule has 1 N–H and O–H groups in total. The minimum absolute atomic E-state index is 0.254. The highest BCUT2D eigenvalue weighted by molar-refractivity contribution is 7.13. The van der Waals surface area contributed by atoms with E-state index in [9.17, 15) is 13.6 Å². The Hall–Kier alpha value is -3.59. The van der Waals surface area contributed by atoms with Gasteiger partial charge in [0.25, 0.3) is 5.91 Å². The molecule has 2 aromatic heterocycles. The molecule has 0 saturated carbocycles. The van der Waals surface area contributed by atoms with E-state index in [4.69, 9.17) is 4.74 Å². The van der Waals surface area contributed by atoms with Crippen LogP contribution >= 0.6 is 11.3 Å². The number of hydrogen-bond donors (Lipinski definition) is 1. The summed E-state index contributed by atoms with van der Waals surface area (Å²) >= 11 is 1.42. The van der Waals surface area contributed by atoms with Gasteiger partial charge in [-0.25, -0.2) is 13.8 Å². The lowest BCUT2D eigenvalue weighted by Gasteiger charge is -2.05. The van der Waals surface area contributed by atoms with E-state index in [-0.39, 0.29) is 5.56 Å². The lowest BCUT2D eigenvalue weighted by atomic mass is 10.2. The number of hydrogen-bond acceptors (Lipinski definition) is 5. The minimum atomic E-state index is -0.931. The molecule has 0 radical (unpaired) electrons. The van der Waals surface area contributed by atoms with Crippen LogP contribution in [0.4, 0.5) is 14.6 Å². The number of aromatic nitrogens is 3. The zero-order valence-electron chi connectivity index (χ0n) is 16.7. The van der Waals surface area contributed by atoms with Crippen LogP contribution in [0.25, 0.3) is 22.0 Å². The lowest BCUT2D eigenvalue weighted by Crippen LogP contribution is -2.16. The second kappa shape index (κ2) is 8.65. The molecule has 0 bridgehead atoms. The second-order valence-corrected chi connectivity index (χ2v) is 7.47. The van der Waals surface area contributed by atoms with Gasteiger partial charge in [-0.3, -0.25) is 9.48 Å². The van der Waals surface area contributed by atoms with Gasteiger partial charge in [-0.1, -0.05) is 0 Å². The molecule has 0 atom stereocenters. The number of amides is 1. The predicted octanol–water partition coefficient (Wildman–Crippen LogP) is 5.14. The van der Waals surface area contributed by atoms with Crippen molar-refractivity contribution in [3.8, 4) is 27.7 Å². The summed E-state index contributed by atoms with van der Waals surface area (Å²) in [6, 6.07) is 12.1. The van der Waals surface area contributed by atoms with Crippen LogP contribution < -0.4 is 10.1 Å². The maximum Gasteiger partial charge on any atom is 0.259 e. The van der Waals surface area contributed by atoms with Crippen LogP contribution in [-0.2, 0) is 7.05 Å². The Morgan fingerprint density at radius 3 is 2.61 bits per heavy atom. The van der Waals surface area contributed by atoms with E-state index in [1.54, 1.807) is 13.1 Å². The first-order valence-electron chi connectivity index (χ1n) is 9.44. The molecule has 31 heavy (non-hydrogen) atoms. The van der Waals surface area contributed by atoms with Crippen LogP contribution in [0.2, 0.25) is 0 Å². The molecule has 0 saturated heterocycles. The fraction of sp³-hybridized carbons (Fsp3) is 0.136. The number of benzene rings is 2. The molecular formula is C22H18F2N4O2S. The lowest BCUT2D eigenvalue weighted by molar-refractivity contribution is 0.102. The molecule has 0 fully saturated rings. The Kier molecular flexibility index (Phi) is 5.77. The fourth-order valence-corrected chi connectivity index (χ4v) is 3.74. The number of nitrogens with one attached hydrogen (secondary N) is 1. The number of ether oxygens (including phenoxy) is 1. The number of nitrogens with zero attached hydrogens (tertiary/aromatic N) is 3. The van der Waals surface area contributed by atoms with Crippen LogP contribution in [0.15, 0.2) is 53.9 Å². The van der Waals surface area contributed by atoms with Gasteiger partial charge in [0, 0.05) is 30.1 Å². The maximum absolute atomic E-state index is 13.9. The van der Waals surface area contributed by atoms with Gasteiger partial charge in [-0.2, -0.15) is 5.10 Å². The van der Waals surface area contributed by atoms with Crippen molar-refractivity contribution in [3.63, 3.8) is 0 Å². The van der Waals surface area contributed by atoms with E-state index >= 15 is 0 Å². The monoisotopic (exact) mass is 440 g/mol. The zero-order valence-corrected chi connectivity index (χ0v) is 17.5. The van der Waals surface area contributed by atoms with Crippen molar-refractivity contribution >= 4 is 23.1 Å². The van der Waals surface area contributed by atoms with Crippen molar-refractivity contribution in [2.24, 2.45) is 7.05 Å². The summed E-state index contributed by atoms with van der Waals surface area (Å²) < 4.78 is 33.9. The standard InChI is InChI=1S/C22H18F2N4O2S/c1-3-30-15-7-4-13(5-8-15)19-12-31-22(25-19)18-11-20(28(2)27-18)26-21(29)16-9-6-14(23)10-17(16)24/h4-12H,3H2,1-2H3,(H,26,29). The first kappa shape index (κ1) is 20.7. The largest absolute Gasteiger partial charge is 0.494 e. The molecule has 2 aromatic carbocycles. The third kappa shape index (κ3) is 4.46. The highest BCUT2D eigenvalue weighted by Crippen LogP contribution is 2.30. The third-order valence-electron chi connectivity index (χ3n) is 4.48. The summed E-state index contributed by atoms with van der Waals surface area (Å²) in [4.78, 5) is 17.0. The smallest absolute Gasteiger partial charge is 0.259 e. The first-order chi connectivity index (χ1) is 14.9. The number of aryl methyl sites for hydroxylation is 1. The van der Waals surface area contributed by atoms with Gasteiger partial charge < -0.3 is 10.1 Å². The Balaban J connectivity index is 1.53. The van der Waals surface area contributed by atoms with Crippen LogP contribution in [-0.4, -0.2) is 27.3 Å². The molecular weight excluding hydrogens is 422 g/mol. The van der Waals surface area contributed by atoms with Gasteiger partial charge in [0.05, 0.1) is 17.9 Å². The number of thiazole rings is 1. The van der Waals surface area contributed by atoms with Gasteiger partial charge >= 0.3 is 0 Å². The van der Waals surface area contributed by atoms with E-state index in [1.165, 1.54) is 16.0 Å². The number of rotatable bonds is 6. The summed E-state index contributed by atoms with van der Waals surface area (Å²) in [5.74, 6) is -1.21. The van der Waals surface area contributed by atoms with Crippen molar-refractivity contribution in [1.29, 1.82) is 0 Å². The average Bonchev–Trinajstić information content (AvgIpc) is 3.36. The molecule has 1 amide bonds. The average molecular weight is 440 g/mol. The number of carbonyl (C=O) groups excluding carboxylic acids is 1. The number of anilines is 1. The zero-order chi connectivity index (χ0) is 22.0. The summed E-state index contributed by atoms with van der Waals surface area (Å²) in [6.07, 6.45) is 0. The molecule has 0 aliphatic carbocycles. The quantitative estimate of drug-likeness (QED) is 0.451. The molecule has 2 heterocycles. The topological polar surface area (TPSA) is 69.0 Å². The van der Waals surface area contributed by atoms with Gasteiger partial charge in [0.15, 0.2) is 0 Å². The van der Waals surface area contributed by atoms with Crippen LogP contribution in [0.1, 0.15) is 17.3 Å². The Morgan fingerprint density at radius 2 is 1.90 bits per heavy atom. The summed E-state index contributed by atoms with van der Waals surface area (Å²) in [5, 5.41) is 9.58. The van der Waals surface area contributed by atoms with Gasteiger partial charge in [-0.05, 0) is 43.3 Å². The fourth-order valence-electron chi connectivity index (χ4n) is 2.96. The summed E-state index contributed by atoms with van der Waals surface area (Å²) in [6.45, 7) is 2.53.